The average Bonchev–Trinajstić information content (AvgIpc) is 3.24. The van der Waals surface area contributed by atoms with Crippen molar-refractivity contribution in [2.45, 2.75) is 76.7 Å². The first-order valence-corrected chi connectivity index (χ1v) is 15.6. The molecule has 4 aliphatic rings. The molecule has 7 heteroatoms. The Hall–Kier alpha value is -2.22. The van der Waals surface area contributed by atoms with E-state index in [1.54, 1.807) is 18.0 Å². The summed E-state index contributed by atoms with van der Waals surface area (Å²) in [5.41, 5.74) is 6.14. The smallest absolute Gasteiger partial charge is 0.378 e. The summed E-state index contributed by atoms with van der Waals surface area (Å²) in [7, 11) is 1.87. The molecule has 5 atom stereocenters. The topological polar surface area (TPSA) is 74.2 Å². The highest BCUT2D eigenvalue weighted by Crippen LogP contribution is 2.67. The third-order valence-corrected chi connectivity index (χ3v) is 10.3. The van der Waals surface area contributed by atoms with Crippen molar-refractivity contribution in [2.24, 2.45) is 22.4 Å². The minimum Gasteiger partial charge on any atom is -0.378 e. The molecule has 4 aliphatic carbocycles. The molecule has 0 aliphatic heterocycles. The number of oxime groups is 1. The van der Waals surface area contributed by atoms with Crippen LogP contribution in [0.5, 0.6) is 0 Å². The zero-order valence-electron chi connectivity index (χ0n) is 23.7. The van der Waals surface area contributed by atoms with E-state index < -0.39 is 5.30 Å². The van der Waals surface area contributed by atoms with Gasteiger partial charge in [-0.15, -0.1) is 0 Å². The lowest BCUT2D eigenvalue weighted by molar-refractivity contribution is -0.155. The summed E-state index contributed by atoms with van der Waals surface area (Å²) in [5, 5.41) is 3.40. The van der Waals surface area contributed by atoms with Crippen LogP contribution in [0.1, 0.15) is 82.3 Å². The number of ketones is 1. The molecule has 0 saturated heterocycles. The van der Waals surface area contributed by atoms with E-state index in [0.29, 0.717) is 24.9 Å². The molecule has 0 N–H and O–H groups in total. The predicted molar refractivity (Wildman–Crippen MR) is 155 cm³/mol. The summed E-state index contributed by atoms with van der Waals surface area (Å²) < 4.78 is 12.6. The second-order valence-electron chi connectivity index (χ2n) is 11.7. The van der Waals surface area contributed by atoms with Crippen LogP contribution in [0.4, 0.5) is 4.79 Å². The molecule has 0 radical (unpaired) electrons. The number of methoxy groups -OCH3 is 1. The molecule has 1 aromatic carbocycles. The van der Waals surface area contributed by atoms with Gasteiger partial charge in [0.1, 0.15) is 0 Å². The fourth-order valence-electron chi connectivity index (χ4n) is 8.03. The normalized spacial score (nSPS) is 32.1. The molecular formula is C32H41NO5S. The Morgan fingerprint density at radius 1 is 1.18 bits per heavy atom. The van der Waals surface area contributed by atoms with Gasteiger partial charge in [-0.3, -0.25) is 4.79 Å². The van der Waals surface area contributed by atoms with Crippen LogP contribution in [0.2, 0.25) is 0 Å². The highest BCUT2D eigenvalue weighted by atomic mass is 32.2. The van der Waals surface area contributed by atoms with E-state index >= 15 is 0 Å². The Labute approximate surface area is 236 Å². The van der Waals surface area contributed by atoms with Crippen LogP contribution < -0.4 is 0 Å². The van der Waals surface area contributed by atoms with Gasteiger partial charge < -0.3 is 14.3 Å². The summed E-state index contributed by atoms with van der Waals surface area (Å²) in [4.78, 5) is 28.6. The van der Waals surface area contributed by atoms with E-state index in [1.165, 1.54) is 16.7 Å². The molecule has 0 bridgehead atoms. The van der Waals surface area contributed by atoms with Gasteiger partial charge in [0.25, 0.3) is 0 Å². The maximum Gasteiger partial charge on any atom is 0.393 e. The van der Waals surface area contributed by atoms with Gasteiger partial charge in [-0.1, -0.05) is 48.8 Å². The number of nitrogens with zero attached hydrogens (tertiary/aromatic N) is 1. The van der Waals surface area contributed by atoms with Crippen molar-refractivity contribution in [2.75, 3.05) is 26.6 Å². The number of ether oxygens (including phenoxy) is 2. The van der Waals surface area contributed by atoms with E-state index in [0.717, 1.165) is 68.9 Å². The third kappa shape index (κ3) is 5.18. The van der Waals surface area contributed by atoms with E-state index in [2.05, 4.69) is 31.1 Å². The minimum atomic E-state index is -0.430. The molecule has 0 heterocycles. The lowest BCUT2D eigenvalue weighted by Gasteiger charge is -2.55. The van der Waals surface area contributed by atoms with Crippen molar-refractivity contribution in [1.29, 1.82) is 0 Å². The summed E-state index contributed by atoms with van der Waals surface area (Å²) in [5.74, 6) is 1.55. The van der Waals surface area contributed by atoms with Gasteiger partial charge in [-0.25, -0.2) is 4.79 Å². The minimum absolute atomic E-state index is 0.0211. The quantitative estimate of drug-likeness (QED) is 0.147. The van der Waals surface area contributed by atoms with Gasteiger partial charge in [0.15, 0.2) is 5.78 Å². The second kappa shape index (κ2) is 11.7. The molecular weight excluding hydrogens is 510 g/mol. The van der Waals surface area contributed by atoms with Crippen LogP contribution in [0.3, 0.4) is 0 Å². The van der Waals surface area contributed by atoms with Crippen LogP contribution in [-0.2, 0) is 19.1 Å². The molecule has 2 saturated carbocycles. The SMILES string of the molecule is CCCOC[C@]1(OC)CC[C@H]2[C@@H]3CCC4=CC(=O)CCC4=C3[C@@H](c3ccc(/C=N/OC(=O)SC)cc3)C[C@@]21C. The number of carbonyl (C=O) groups excluding carboxylic acids is 2. The lowest BCUT2D eigenvalue weighted by Crippen LogP contribution is -2.54. The monoisotopic (exact) mass is 551 g/mol. The van der Waals surface area contributed by atoms with E-state index in [9.17, 15) is 9.59 Å². The van der Waals surface area contributed by atoms with Crippen LogP contribution in [0.15, 0.2) is 52.2 Å². The summed E-state index contributed by atoms with van der Waals surface area (Å²) in [6.07, 6.45) is 12.9. The Morgan fingerprint density at radius 3 is 2.69 bits per heavy atom. The molecule has 5 rings (SSSR count). The Balaban J connectivity index is 1.54. The van der Waals surface area contributed by atoms with Crippen LogP contribution in [-0.4, -0.2) is 49.5 Å². The molecule has 2 fully saturated rings. The van der Waals surface area contributed by atoms with Crippen LogP contribution in [0.25, 0.3) is 0 Å². The van der Waals surface area contributed by atoms with Gasteiger partial charge in [-0.2, -0.15) is 0 Å². The van der Waals surface area contributed by atoms with Gasteiger partial charge in [0.05, 0.1) is 18.4 Å². The number of allylic oxidation sites excluding steroid dienone is 4. The summed E-state index contributed by atoms with van der Waals surface area (Å²) in [6, 6.07) is 8.49. The molecule has 210 valence electrons. The average molecular weight is 552 g/mol. The molecule has 6 nitrogen and oxygen atoms in total. The van der Waals surface area contributed by atoms with Crippen molar-refractivity contribution < 1.29 is 23.9 Å². The van der Waals surface area contributed by atoms with Crippen molar-refractivity contribution in [3.63, 3.8) is 0 Å². The molecule has 0 spiro atoms. The van der Waals surface area contributed by atoms with Gasteiger partial charge in [-0.05, 0) is 103 Å². The van der Waals surface area contributed by atoms with Crippen LogP contribution >= 0.6 is 11.8 Å². The zero-order chi connectivity index (χ0) is 27.6. The lowest BCUT2D eigenvalue weighted by atomic mass is 9.51. The number of fused-ring (bicyclic) bond motifs is 4. The largest absolute Gasteiger partial charge is 0.393 e. The predicted octanol–water partition coefficient (Wildman–Crippen LogP) is 7.23. The molecule has 1 aromatic rings. The second-order valence-corrected chi connectivity index (χ2v) is 12.5. The van der Waals surface area contributed by atoms with Crippen molar-refractivity contribution in [3.8, 4) is 0 Å². The zero-order valence-corrected chi connectivity index (χ0v) is 24.5. The molecule has 0 unspecified atom stereocenters. The maximum atomic E-state index is 12.3. The van der Waals surface area contributed by atoms with Crippen LogP contribution in [0, 0.1) is 17.3 Å². The Morgan fingerprint density at radius 2 is 1.97 bits per heavy atom. The van der Waals surface area contributed by atoms with E-state index in [4.69, 9.17) is 14.3 Å². The standard InChI is InChI=1S/C32H41NO5S/c1-5-16-37-20-32(36-3)15-14-28-26-12-10-23-17-24(34)11-13-25(23)29(26)27(18-31(28,32)2)22-8-6-21(7-9-22)19-33-38-30(35)39-4/h6-9,17,19,26-28H,5,10-16,18,20H2,1-4H3/b33-19+/t26-,27+,28-,31-,32+/m0/s1. The highest BCUT2D eigenvalue weighted by molar-refractivity contribution is 8.12. The van der Waals surface area contributed by atoms with Gasteiger partial charge >= 0.3 is 5.30 Å². The molecule has 0 aromatic heterocycles. The van der Waals surface area contributed by atoms with Crippen molar-refractivity contribution >= 4 is 29.1 Å². The number of rotatable bonds is 8. The third-order valence-electron chi connectivity index (χ3n) is 9.93. The number of thioether (sulfide) groups is 1. The fourth-order valence-corrected chi connectivity index (χ4v) is 8.15. The number of carbonyl (C=O) groups is 2. The molecule has 0 amide bonds. The van der Waals surface area contributed by atoms with Gasteiger partial charge in [0, 0.05) is 31.5 Å². The highest BCUT2D eigenvalue weighted by Gasteiger charge is 2.63. The number of benzene rings is 1. The first kappa shape index (κ1) is 28.3. The number of hydrogen-bond acceptors (Lipinski definition) is 7. The Kier molecular flexibility index (Phi) is 8.51. The summed E-state index contributed by atoms with van der Waals surface area (Å²) >= 11 is 0.991. The Bertz CT molecular complexity index is 1190. The van der Waals surface area contributed by atoms with Crippen molar-refractivity contribution in [3.05, 3.63) is 58.2 Å². The first-order valence-electron chi connectivity index (χ1n) is 14.3. The van der Waals surface area contributed by atoms with Gasteiger partial charge in [0.2, 0.25) is 0 Å². The van der Waals surface area contributed by atoms with E-state index in [1.807, 2.05) is 25.3 Å². The fraction of sp³-hybridized carbons (Fsp3) is 0.594. The molecule has 39 heavy (non-hydrogen) atoms. The van der Waals surface area contributed by atoms with E-state index in [-0.39, 0.29) is 22.7 Å². The summed E-state index contributed by atoms with van der Waals surface area (Å²) in [6.45, 7) is 6.00. The van der Waals surface area contributed by atoms with Crippen molar-refractivity contribution in [1.82, 2.24) is 0 Å². The maximum absolute atomic E-state index is 12.3. The first-order chi connectivity index (χ1) is 18.9. The number of hydrogen-bond donors (Lipinski definition) is 0.